The van der Waals surface area contributed by atoms with E-state index in [0.717, 1.165) is 6.07 Å². The summed E-state index contributed by atoms with van der Waals surface area (Å²) in [6.07, 6.45) is -0.937. The molecule has 0 saturated heterocycles. The van der Waals surface area contributed by atoms with Crippen molar-refractivity contribution in [1.29, 1.82) is 0 Å². The average molecular weight is 285 g/mol. The van der Waals surface area contributed by atoms with E-state index < -0.39 is 17.7 Å². The average Bonchev–Trinajstić information content (AvgIpc) is 2.36. The fourth-order valence-electron chi connectivity index (χ4n) is 1.62. The van der Waals surface area contributed by atoms with Crippen molar-refractivity contribution in [1.82, 2.24) is 0 Å². The van der Waals surface area contributed by atoms with Gasteiger partial charge < -0.3 is 9.84 Å². The van der Waals surface area contributed by atoms with Gasteiger partial charge in [-0.05, 0) is 37.3 Å². The van der Waals surface area contributed by atoms with Crippen LogP contribution >= 0.6 is 11.6 Å². The highest BCUT2D eigenvalue weighted by Crippen LogP contribution is 2.33. The van der Waals surface area contributed by atoms with Gasteiger partial charge in [-0.2, -0.15) is 0 Å². The molecule has 0 aliphatic heterocycles. The Labute approximate surface area is 114 Å². The van der Waals surface area contributed by atoms with Gasteiger partial charge in [-0.15, -0.1) is 0 Å². The molecule has 0 bridgehead atoms. The smallest absolute Gasteiger partial charge is 0.184 e. The van der Waals surface area contributed by atoms with E-state index in [-0.39, 0.29) is 22.1 Å². The van der Waals surface area contributed by atoms with Gasteiger partial charge in [0.25, 0.3) is 0 Å². The summed E-state index contributed by atoms with van der Waals surface area (Å²) in [6.45, 7) is 1.47. The van der Waals surface area contributed by atoms with E-state index in [1.165, 1.54) is 37.3 Å². The van der Waals surface area contributed by atoms with Gasteiger partial charge in [0.2, 0.25) is 0 Å². The van der Waals surface area contributed by atoms with Crippen molar-refractivity contribution in [3.05, 3.63) is 58.6 Å². The molecule has 0 radical (unpaired) electrons. The second-order valence-corrected chi connectivity index (χ2v) is 4.42. The van der Waals surface area contributed by atoms with Crippen LogP contribution in [0.2, 0.25) is 5.02 Å². The van der Waals surface area contributed by atoms with Crippen molar-refractivity contribution in [3.63, 3.8) is 0 Å². The van der Waals surface area contributed by atoms with Gasteiger partial charge in [0.1, 0.15) is 11.6 Å². The number of halogens is 3. The van der Waals surface area contributed by atoms with Crippen LogP contribution in [0.5, 0.6) is 11.5 Å². The van der Waals surface area contributed by atoms with Gasteiger partial charge in [0.05, 0.1) is 11.1 Å². The standard InChI is InChI=1S/C14H11ClF2O2/c1-8(18)10-7-9(16)5-6-12(10)19-13-4-2-3-11(15)14(13)17/h2-8,18H,1H3/t8-/m1/s1. The zero-order valence-electron chi connectivity index (χ0n) is 10.0. The zero-order valence-corrected chi connectivity index (χ0v) is 10.8. The lowest BCUT2D eigenvalue weighted by atomic mass is 10.1. The van der Waals surface area contributed by atoms with Crippen LogP contribution < -0.4 is 4.74 Å². The van der Waals surface area contributed by atoms with Crippen LogP contribution in [-0.4, -0.2) is 5.11 Å². The molecule has 2 aromatic rings. The second kappa shape index (κ2) is 5.55. The van der Waals surface area contributed by atoms with Crippen LogP contribution in [-0.2, 0) is 0 Å². The molecule has 100 valence electrons. The summed E-state index contributed by atoms with van der Waals surface area (Å²) in [5.74, 6) is -1.11. The summed E-state index contributed by atoms with van der Waals surface area (Å²) in [5, 5.41) is 9.49. The Morgan fingerprint density at radius 1 is 1.16 bits per heavy atom. The lowest BCUT2D eigenvalue weighted by Gasteiger charge is -2.14. The fraction of sp³-hybridized carbons (Fsp3) is 0.143. The third-order valence-electron chi connectivity index (χ3n) is 2.56. The predicted molar refractivity (Wildman–Crippen MR) is 68.5 cm³/mol. The third-order valence-corrected chi connectivity index (χ3v) is 2.85. The minimum atomic E-state index is -0.937. The Morgan fingerprint density at radius 3 is 2.58 bits per heavy atom. The minimum absolute atomic E-state index is 0.0711. The van der Waals surface area contributed by atoms with Gasteiger partial charge in [-0.25, -0.2) is 8.78 Å². The molecular formula is C14H11ClF2O2. The molecule has 5 heteroatoms. The zero-order chi connectivity index (χ0) is 14.0. The highest BCUT2D eigenvalue weighted by molar-refractivity contribution is 6.30. The van der Waals surface area contributed by atoms with E-state index in [1.54, 1.807) is 0 Å². The van der Waals surface area contributed by atoms with Gasteiger partial charge in [0, 0.05) is 5.56 Å². The quantitative estimate of drug-likeness (QED) is 0.901. The van der Waals surface area contributed by atoms with Crippen molar-refractivity contribution in [2.45, 2.75) is 13.0 Å². The minimum Gasteiger partial charge on any atom is -0.454 e. The van der Waals surface area contributed by atoms with Crippen LogP contribution in [0.1, 0.15) is 18.6 Å². The number of hydrogen-bond donors (Lipinski definition) is 1. The van der Waals surface area contributed by atoms with E-state index in [1.807, 2.05) is 0 Å². The number of aliphatic hydroxyl groups excluding tert-OH is 1. The largest absolute Gasteiger partial charge is 0.454 e. The highest BCUT2D eigenvalue weighted by Gasteiger charge is 2.14. The maximum Gasteiger partial charge on any atom is 0.184 e. The molecule has 2 nitrogen and oxygen atoms in total. The molecule has 1 N–H and O–H groups in total. The molecule has 0 aromatic heterocycles. The summed E-state index contributed by atoms with van der Waals surface area (Å²) in [6, 6.07) is 7.97. The highest BCUT2D eigenvalue weighted by atomic mass is 35.5. The van der Waals surface area contributed by atoms with Gasteiger partial charge in [-0.1, -0.05) is 17.7 Å². The summed E-state index contributed by atoms with van der Waals surface area (Å²) >= 11 is 5.64. The fourth-order valence-corrected chi connectivity index (χ4v) is 1.79. The molecule has 0 amide bonds. The molecule has 0 saturated carbocycles. The van der Waals surface area contributed by atoms with Crippen molar-refractivity contribution in [3.8, 4) is 11.5 Å². The Morgan fingerprint density at radius 2 is 1.89 bits per heavy atom. The van der Waals surface area contributed by atoms with Gasteiger partial charge >= 0.3 is 0 Å². The first-order valence-corrected chi connectivity index (χ1v) is 5.96. The van der Waals surface area contributed by atoms with Crippen LogP contribution in [0.3, 0.4) is 0 Å². The third kappa shape index (κ3) is 3.03. The van der Waals surface area contributed by atoms with E-state index in [4.69, 9.17) is 16.3 Å². The Hall–Kier alpha value is -1.65. The lowest BCUT2D eigenvalue weighted by Crippen LogP contribution is -1.98. The van der Waals surface area contributed by atoms with E-state index >= 15 is 0 Å². The van der Waals surface area contributed by atoms with Crippen molar-refractivity contribution < 1.29 is 18.6 Å². The van der Waals surface area contributed by atoms with E-state index in [2.05, 4.69) is 0 Å². The molecule has 0 unspecified atom stereocenters. The first-order chi connectivity index (χ1) is 8.99. The normalized spacial score (nSPS) is 12.3. The molecule has 0 fully saturated rings. The summed E-state index contributed by atoms with van der Waals surface area (Å²) in [4.78, 5) is 0. The van der Waals surface area contributed by atoms with Gasteiger partial charge in [0.15, 0.2) is 11.6 Å². The number of ether oxygens (including phenoxy) is 1. The Kier molecular flexibility index (Phi) is 4.02. The van der Waals surface area contributed by atoms with Crippen molar-refractivity contribution in [2.24, 2.45) is 0 Å². The monoisotopic (exact) mass is 284 g/mol. The van der Waals surface area contributed by atoms with Crippen molar-refractivity contribution in [2.75, 3.05) is 0 Å². The topological polar surface area (TPSA) is 29.5 Å². The molecule has 0 heterocycles. The number of hydrogen-bond acceptors (Lipinski definition) is 2. The summed E-state index contributed by atoms with van der Waals surface area (Å²) in [7, 11) is 0. The van der Waals surface area contributed by atoms with E-state index in [9.17, 15) is 13.9 Å². The number of rotatable bonds is 3. The number of aliphatic hydroxyl groups is 1. The molecular weight excluding hydrogens is 274 g/mol. The molecule has 19 heavy (non-hydrogen) atoms. The Bertz CT molecular complexity index is 600. The molecule has 0 aliphatic rings. The SMILES string of the molecule is C[C@@H](O)c1cc(F)ccc1Oc1cccc(Cl)c1F. The van der Waals surface area contributed by atoms with Crippen molar-refractivity contribution >= 4 is 11.6 Å². The summed E-state index contributed by atoms with van der Waals surface area (Å²) < 4.78 is 32.2. The molecule has 1 atom stereocenters. The maximum absolute atomic E-state index is 13.7. The maximum atomic E-state index is 13.7. The molecule has 0 aliphatic carbocycles. The Balaban J connectivity index is 2.41. The molecule has 2 rings (SSSR count). The van der Waals surface area contributed by atoms with Crippen LogP contribution in [0.4, 0.5) is 8.78 Å². The summed E-state index contributed by atoms with van der Waals surface area (Å²) in [5.41, 5.74) is 0.236. The first-order valence-electron chi connectivity index (χ1n) is 5.58. The number of benzene rings is 2. The van der Waals surface area contributed by atoms with Crippen LogP contribution in [0.15, 0.2) is 36.4 Å². The van der Waals surface area contributed by atoms with Crippen LogP contribution in [0, 0.1) is 11.6 Å². The van der Waals surface area contributed by atoms with Gasteiger partial charge in [-0.3, -0.25) is 0 Å². The first kappa shape index (κ1) is 13.8. The predicted octanol–water partition coefficient (Wildman–Crippen LogP) is 4.46. The second-order valence-electron chi connectivity index (χ2n) is 4.01. The van der Waals surface area contributed by atoms with Crippen LogP contribution in [0.25, 0.3) is 0 Å². The molecule has 0 spiro atoms. The molecule has 2 aromatic carbocycles. The lowest BCUT2D eigenvalue weighted by molar-refractivity contribution is 0.195. The van der Waals surface area contributed by atoms with E-state index in [0.29, 0.717) is 0 Å².